The number of nitrogens with zero attached hydrogens (tertiary/aromatic N) is 2. The van der Waals surface area contributed by atoms with Crippen LogP contribution >= 0.6 is 12.4 Å². The van der Waals surface area contributed by atoms with E-state index in [4.69, 9.17) is 5.73 Å². The molecule has 1 aliphatic rings. The highest BCUT2D eigenvalue weighted by atomic mass is 35.5. The first-order valence-corrected chi connectivity index (χ1v) is 4.78. The van der Waals surface area contributed by atoms with Crippen LogP contribution in [0.15, 0.2) is 18.3 Å². The molecule has 0 aromatic carbocycles. The molecule has 1 aromatic heterocycles. The van der Waals surface area contributed by atoms with E-state index in [0.29, 0.717) is 11.4 Å². The topological polar surface area (TPSA) is 59.2 Å². The van der Waals surface area contributed by atoms with E-state index in [0.717, 1.165) is 25.9 Å². The van der Waals surface area contributed by atoms with Crippen molar-refractivity contribution in [3.05, 3.63) is 24.0 Å². The highest BCUT2D eigenvalue weighted by Crippen LogP contribution is 2.12. The second-order valence-electron chi connectivity index (χ2n) is 3.47. The van der Waals surface area contributed by atoms with Crippen LogP contribution in [-0.2, 0) is 0 Å². The zero-order valence-electron chi connectivity index (χ0n) is 8.35. The second-order valence-corrected chi connectivity index (χ2v) is 3.47. The summed E-state index contributed by atoms with van der Waals surface area (Å²) >= 11 is 0. The van der Waals surface area contributed by atoms with Crippen LogP contribution in [0, 0.1) is 0 Å². The lowest BCUT2D eigenvalue weighted by Crippen LogP contribution is -2.28. The predicted molar refractivity (Wildman–Crippen MR) is 61.0 cm³/mol. The van der Waals surface area contributed by atoms with Gasteiger partial charge in [-0.05, 0) is 25.0 Å². The van der Waals surface area contributed by atoms with Crippen molar-refractivity contribution in [3.8, 4) is 0 Å². The molecule has 1 fully saturated rings. The van der Waals surface area contributed by atoms with Gasteiger partial charge in [0.25, 0.3) is 5.91 Å². The maximum absolute atomic E-state index is 11.8. The summed E-state index contributed by atoms with van der Waals surface area (Å²) in [6.45, 7) is 1.69. The van der Waals surface area contributed by atoms with Crippen molar-refractivity contribution >= 4 is 24.0 Å². The smallest absolute Gasteiger partial charge is 0.272 e. The summed E-state index contributed by atoms with van der Waals surface area (Å²) < 4.78 is 0. The summed E-state index contributed by atoms with van der Waals surface area (Å²) in [5.74, 6) is -0.00481. The fourth-order valence-electron chi connectivity index (χ4n) is 1.65. The molecule has 0 spiro atoms. The Kier molecular flexibility index (Phi) is 3.91. The van der Waals surface area contributed by atoms with E-state index in [1.807, 2.05) is 4.90 Å². The van der Waals surface area contributed by atoms with Crippen molar-refractivity contribution in [3.63, 3.8) is 0 Å². The Labute approximate surface area is 94.9 Å². The number of carbonyl (C=O) groups excluding carboxylic acids is 1. The van der Waals surface area contributed by atoms with Crippen LogP contribution in [-0.4, -0.2) is 28.9 Å². The summed E-state index contributed by atoms with van der Waals surface area (Å²) in [6, 6.07) is 3.31. The van der Waals surface area contributed by atoms with Gasteiger partial charge in [0.15, 0.2) is 0 Å². The molecule has 1 aromatic rings. The molecule has 0 saturated carbocycles. The lowest BCUT2D eigenvalue weighted by atomic mass is 10.3. The number of likely N-dealkylation sites (tertiary alicyclic amines) is 1. The van der Waals surface area contributed by atoms with Crippen LogP contribution in [0.25, 0.3) is 0 Å². The Morgan fingerprint density at radius 1 is 1.40 bits per heavy atom. The van der Waals surface area contributed by atoms with E-state index in [2.05, 4.69) is 4.98 Å². The number of carbonyl (C=O) groups is 1. The minimum absolute atomic E-state index is 0. The zero-order valence-corrected chi connectivity index (χ0v) is 9.17. The molecule has 1 amide bonds. The third-order valence-electron chi connectivity index (χ3n) is 2.40. The Morgan fingerprint density at radius 2 is 2.07 bits per heavy atom. The average molecular weight is 228 g/mol. The number of halogens is 1. The van der Waals surface area contributed by atoms with E-state index >= 15 is 0 Å². The molecule has 0 atom stereocenters. The third-order valence-corrected chi connectivity index (χ3v) is 2.40. The van der Waals surface area contributed by atoms with Gasteiger partial charge >= 0.3 is 0 Å². The van der Waals surface area contributed by atoms with Crippen molar-refractivity contribution in [2.24, 2.45) is 0 Å². The van der Waals surface area contributed by atoms with Crippen molar-refractivity contribution in [2.45, 2.75) is 12.8 Å². The van der Waals surface area contributed by atoms with E-state index in [1.54, 1.807) is 18.3 Å². The predicted octanol–water partition coefficient (Wildman–Crippen LogP) is 1.32. The standard InChI is InChI=1S/C10H13N3O.ClH/c11-8-3-4-12-9(7-8)10(14)13-5-1-2-6-13;/h3-4,7H,1-2,5-6H2,(H2,11,12);1H. The first-order valence-electron chi connectivity index (χ1n) is 4.78. The van der Waals surface area contributed by atoms with Crippen LogP contribution in [0.4, 0.5) is 5.69 Å². The quantitative estimate of drug-likeness (QED) is 0.787. The number of anilines is 1. The summed E-state index contributed by atoms with van der Waals surface area (Å²) in [4.78, 5) is 17.6. The Morgan fingerprint density at radius 3 is 2.67 bits per heavy atom. The third kappa shape index (κ3) is 2.59. The van der Waals surface area contributed by atoms with E-state index in [1.165, 1.54) is 0 Å². The van der Waals surface area contributed by atoms with E-state index in [-0.39, 0.29) is 18.3 Å². The number of hydrogen-bond acceptors (Lipinski definition) is 3. The SMILES string of the molecule is Cl.Nc1ccnc(C(=O)N2CCCC2)c1. The fourth-order valence-corrected chi connectivity index (χ4v) is 1.65. The molecule has 0 bridgehead atoms. The minimum atomic E-state index is -0.00481. The molecular weight excluding hydrogens is 214 g/mol. The monoisotopic (exact) mass is 227 g/mol. The van der Waals surface area contributed by atoms with Gasteiger partial charge in [0.2, 0.25) is 0 Å². The van der Waals surface area contributed by atoms with Gasteiger partial charge in [-0.15, -0.1) is 12.4 Å². The van der Waals surface area contributed by atoms with Gasteiger partial charge in [-0.2, -0.15) is 0 Å². The number of nitrogen functional groups attached to an aromatic ring is 1. The lowest BCUT2D eigenvalue weighted by molar-refractivity contribution is 0.0787. The molecule has 1 saturated heterocycles. The number of amides is 1. The number of pyridine rings is 1. The molecule has 15 heavy (non-hydrogen) atoms. The van der Waals surface area contributed by atoms with Gasteiger partial charge in [0, 0.05) is 25.0 Å². The van der Waals surface area contributed by atoms with Crippen LogP contribution in [0.5, 0.6) is 0 Å². The van der Waals surface area contributed by atoms with Crippen LogP contribution < -0.4 is 5.73 Å². The summed E-state index contributed by atoms with van der Waals surface area (Å²) in [5.41, 5.74) is 6.62. The molecule has 5 heteroatoms. The van der Waals surface area contributed by atoms with Crippen molar-refractivity contribution < 1.29 is 4.79 Å². The van der Waals surface area contributed by atoms with Gasteiger partial charge < -0.3 is 10.6 Å². The maximum Gasteiger partial charge on any atom is 0.272 e. The van der Waals surface area contributed by atoms with Crippen molar-refractivity contribution in [1.29, 1.82) is 0 Å². The Bertz CT molecular complexity index is 350. The van der Waals surface area contributed by atoms with Gasteiger partial charge in [-0.25, -0.2) is 0 Å². The zero-order chi connectivity index (χ0) is 9.97. The molecule has 0 aliphatic carbocycles. The molecule has 2 rings (SSSR count). The molecule has 82 valence electrons. The average Bonchev–Trinajstić information content (AvgIpc) is 2.69. The van der Waals surface area contributed by atoms with E-state index < -0.39 is 0 Å². The van der Waals surface area contributed by atoms with Gasteiger partial charge in [-0.3, -0.25) is 9.78 Å². The largest absolute Gasteiger partial charge is 0.399 e. The number of nitrogens with two attached hydrogens (primary N) is 1. The molecule has 2 N–H and O–H groups in total. The van der Waals surface area contributed by atoms with Gasteiger partial charge in [0.1, 0.15) is 5.69 Å². The molecule has 1 aliphatic heterocycles. The van der Waals surface area contributed by atoms with Crippen molar-refractivity contribution in [1.82, 2.24) is 9.88 Å². The highest BCUT2D eigenvalue weighted by molar-refractivity contribution is 5.93. The molecular formula is C10H14ClN3O. The first-order chi connectivity index (χ1) is 6.77. The number of rotatable bonds is 1. The number of aromatic nitrogens is 1. The normalized spacial score (nSPS) is 14.8. The lowest BCUT2D eigenvalue weighted by Gasteiger charge is -2.14. The fraction of sp³-hybridized carbons (Fsp3) is 0.400. The van der Waals surface area contributed by atoms with Crippen LogP contribution in [0.3, 0.4) is 0 Å². The molecule has 2 heterocycles. The second kappa shape index (κ2) is 4.98. The Hall–Kier alpha value is -1.29. The minimum Gasteiger partial charge on any atom is -0.399 e. The van der Waals surface area contributed by atoms with Gasteiger partial charge in [-0.1, -0.05) is 0 Å². The van der Waals surface area contributed by atoms with Crippen LogP contribution in [0.1, 0.15) is 23.3 Å². The van der Waals surface area contributed by atoms with E-state index in [9.17, 15) is 4.79 Å². The van der Waals surface area contributed by atoms with Crippen molar-refractivity contribution in [2.75, 3.05) is 18.8 Å². The van der Waals surface area contributed by atoms with Gasteiger partial charge in [0.05, 0.1) is 0 Å². The highest BCUT2D eigenvalue weighted by Gasteiger charge is 2.20. The maximum atomic E-state index is 11.8. The summed E-state index contributed by atoms with van der Waals surface area (Å²) in [7, 11) is 0. The number of hydrogen-bond donors (Lipinski definition) is 1. The molecule has 4 nitrogen and oxygen atoms in total. The summed E-state index contributed by atoms with van der Waals surface area (Å²) in [6.07, 6.45) is 3.75. The first kappa shape index (κ1) is 11.8. The summed E-state index contributed by atoms with van der Waals surface area (Å²) in [5, 5.41) is 0. The molecule has 0 radical (unpaired) electrons. The Balaban J connectivity index is 0.00000112. The van der Waals surface area contributed by atoms with Crippen LogP contribution in [0.2, 0.25) is 0 Å². The molecule has 0 unspecified atom stereocenters.